The molecule has 0 aliphatic heterocycles. The number of rotatable bonds is 6. The molecule has 2 heteroatoms. The Labute approximate surface area is 66.3 Å². The van der Waals surface area contributed by atoms with Gasteiger partial charge in [0.25, 0.3) is 0 Å². The summed E-state index contributed by atoms with van der Waals surface area (Å²) in [5, 5.41) is 4.49. The van der Waals surface area contributed by atoms with Crippen molar-refractivity contribution in [2.75, 3.05) is 18.4 Å². The number of hydrogen-bond acceptors (Lipinski definition) is 1. The van der Waals surface area contributed by atoms with Gasteiger partial charge in [-0.25, -0.2) is 0 Å². The van der Waals surface area contributed by atoms with E-state index in [1.165, 1.54) is 32.4 Å². The highest BCUT2D eigenvalue weighted by Crippen LogP contribution is 1.91. The normalized spacial score (nSPS) is 10.0. The largest absolute Gasteiger partial charge is 0.317 e. The molecule has 0 saturated carbocycles. The molecule has 0 aliphatic carbocycles. The van der Waals surface area contributed by atoms with Crippen LogP contribution >= 0.6 is 15.9 Å². The van der Waals surface area contributed by atoms with E-state index >= 15 is 0 Å². The lowest BCUT2D eigenvalue weighted by Gasteiger charge is -1.99. The standard InChI is InChI=1S/C7H16BrN/c1-2-6-9-7-4-3-5-8/h9H,2-7H2,1H3. The second-order valence-electron chi connectivity index (χ2n) is 2.15. The Bertz CT molecular complexity index is 42.2. The molecule has 0 bridgehead atoms. The van der Waals surface area contributed by atoms with Gasteiger partial charge in [-0.1, -0.05) is 22.9 Å². The summed E-state index contributed by atoms with van der Waals surface area (Å²) in [4.78, 5) is 0. The van der Waals surface area contributed by atoms with Crippen molar-refractivity contribution in [3.05, 3.63) is 0 Å². The van der Waals surface area contributed by atoms with Gasteiger partial charge < -0.3 is 5.32 Å². The molecule has 0 aliphatic rings. The molecule has 0 aromatic rings. The molecule has 0 heterocycles. The Balaban J connectivity index is 2.60. The quantitative estimate of drug-likeness (QED) is 0.504. The fourth-order valence-electron chi connectivity index (χ4n) is 0.646. The Morgan fingerprint density at radius 3 is 2.56 bits per heavy atom. The van der Waals surface area contributed by atoms with E-state index in [0.717, 1.165) is 5.33 Å². The van der Waals surface area contributed by atoms with Gasteiger partial charge in [0.05, 0.1) is 0 Å². The molecule has 56 valence electrons. The zero-order chi connectivity index (χ0) is 6.95. The van der Waals surface area contributed by atoms with Gasteiger partial charge in [-0.3, -0.25) is 0 Å². The zero-order valence-corrected chi connectivity index (χ0v) is 7.71. The SMILES string of the molecule is CCCNCCCCBr. The molecule has 1 N–H and O–H groups in total. The molecule has 0 saturated heterocycles. The van der Waals surface area contributed by atoms with Crippen LogP contribution in [0.1, 0.15) is 26.2 Å². The predicted molar refractivity (Wildman–Crippen MR) is 46.2 cm³/mol. The third-order valence-corrected chi connectivity index (χ3v) is 1.72. The second kappa shape index (κ2) is 8.44. The van der Waals surface area contributed by atoms with E-state index in [-0.39, 0.29) is 0 Å². The van der Waals surface area contributed by atoms with Crippen LogP contribution in [-0.4, -0.2) is 18.4 Å². The Morgan fingerprint density at radius 1 is 1.22 bits per heavy atom. The number of halogens is 1. The van der Waals surface area contributed by atoms with Crippen LogP contribution in [0.25, 0.3) is 0 Å². The minimum absolute atomic E-state index is 1.14. The van der Waals surface area contributed by atoms with Crippen molar-refractivity contribution in [3.8, 4) is 0 Å². The van der Waals surface area contributed by atoms with E-state index in [9.17, 15) is 0 Å². The van der Waals surface area contributed by atoms with Crippen LogP contribution in [-0.2, 0) is 0 Å². The minimum atomic E-state index is 1.14. The first kappa shape index (κ1) is 9.44. The van der Waals surface area contributed by atoms with E-state index in [4.69, 9.17) is 0 Å². The van der Waals surface area contributed by atoms with Crippen LogP contribution < -0.4 is 5.32 Å². The number of nitrogens with one attached hydrogen (secondary N) is 1. The van der Waals surface area contributed by atoms with Gasteiger partial charge >= 0.3 is 0 Å². The molecule has 0 atom stereocenters. The van der Waals surface area contributed by atoms with Gasteiger partial charge in [-0.15, -0.1) is 0 Å². The molecule has 1 nitrogen and oxygen atoms in total. The lowest BCUT2D eigenvalue weighted by atomic mass is 10.3. The maximum atomic E-state index is 3.39. The van der Waals surface area contributed by atoms with E-state index in [1.807, 2.05) is 0 Å². The molecule has 0 unspecified atom stereocenters. The van der Waals surface area contributed by atoms with Gasteiger partial charge in [-0.2, -0.15) is 0 Å². The molecule has 0 fully saturated rings. The average Bonchev–Trinajstić information content (AvgIpc) is 1.89. The second-order valence-corrected chi connectivity index (χ2v) is 2.94. The van der Waals surface area contributed by atoms with Gasteiger partial charge in [0.2, 0.25) is 0 Å². The molecule has 0 rings (SSSR count). The third kappa shape index (κ3) is 8.44. The zero-order valence-electron chi connectivity index (χ0n) is 6.12. The van der Waals surface area contributed by atoms with E-state index in [0.29, 0.717) is 0 Å². The van der Waals surface area contributed by atoms with Crippen molar-refractivity contribution in [2.24, 2.45) is 0 Å². The molecule has 0 amide bonds. The lowest BCUT2D eigenvalue weighted by Crippen LogP contribution is -2.15. The number of hydrogen-bond donors (Lipinski definition) is 1. The first-order valence-electron chi connectivity index (χ1n) is 3.68. The average molecular weight is 194 g/mol. The number of alkyl halides is 1. The smallest absolute Gasteiger partial charge is 0.00317 e. The van der Waals surface area contributed by atoms with Crippen molar-refractivity contribution in [1.29, 1.82) is 0 Å². The third-order valence-electron chi connectivity index (χ3n) is 1.16. The highest BCUT2D eigenvalue weighted by Gasteiger charge is 1.84. The summed E-state index contributed by atoms with van der Waals surface area (Å²) in [5.74, 6) is 0. The first-order chi connectivity index (χ1) is 4.41. The Morgan fingerprint density at radius 2 is 2.00 bits per heavy atom. The Kier molecular flexibility index (Phi) is 8.85. The van der Waals surface area contributed by atoms with Gasteiger partial charge in [0.1, 0.15) is 0 Å². The summed E-state index contributed by atoms with van der Waals surface area (Å²) in [6, 6.07) is 0. The minimum Gasteiger partial charge on any atom is -0.317 e. The van der Waals surface area contributed by atoms with Crippen LogP contribution in [0.15, 0.2) is 0 Å². The summed E-state index contributed by atoms with van der Waals surface area (Å²) in [6.45, 7) is 4.54. The number of unbranched alkanes of at least 4 members (excludes halogenated alkanes) is 1. The maximum absolute atomic E-state index is 3.39. The summed E-state index contributed by atoms with van der Waals surface area (Å²) < 4.78 is 0. The van der Waals surface area contributed by atoms with Crippen molar-refractivity contribution < 1.29 is 0 Å². The summed E-state index contributed by atoms with van der Waals surface area (Å²) in [5.41, 5.74) is 0. The molecule has 0 radical (unpaired) electrons. The van der Waals surface area contributed by atoms with Gasteiger partial charge in [0, 0.05) is 5.33 Å². The van der Waals surface area contributed by atoms with Crippen LogP contribution in [0.4, 0.5) is 0 Å². The monoisotopic (exact) mass is 193 g/mol. The highest BCUT2D eigenvalue weighted by atomic mass is 79.9. The highest BCUT2D eigenvalue weighted by molar-refractivity contribution is 9.09. The van der Waals surface area contributed by atoms with E-state index in [2.05, 4.69) is 28.2 Å². The molecule has 0 spiro atoms. The van der Waals surface area contributed by atoms with Gasteiger partial charge in [-0.05, 0) is 32.4 Å². The van der Waals surface area contributed by atoms with Crippen molar-refractivity contribution in [3.63, 3.8) is 0 Å². The van der Waals surface area contributed by atoms with Crippen molar-refractivity contribution in [1.82, 2.24) is 5.32 Å². The van der Waals surface area contributed by atoms with Crippen LogP contribution in [0.2, 0.25) is 0 Å². The van der Waals surface area contributed by atoms with Crippen molar-refractivity contribution >= 4 is 15.9 Å². The summed E-state index contributed by atoms with van der Waals surface area (Å²) in [6.07, 6.45) is 3.83. The molecule has 9 heavy (non-hydrogen) atoms. The Hall–Kier alpha value is 0.440. The van der Waals surface area contributed by atoms with E-state index in [1.54, 1.807) is 0 Å². The van der Waals surface area contributed by atoms with Crippen molar-refractivity contribution in [2.45, 2.75) is 26.2 Å². The summed E-state index contributed by atoms with van der Waals surface area (Å²) in [7, 11) is 0. The summed E-state index contributed by atoms with van der Waals surface area (Å²) >= 11 is 3.39. The fourth-order valence-corrected chi connectivity index (χ4v) is 1.04. The van der Waals surface area contributed by atoms with E-state index < -0.39 is 0 Å². The maximum Gasteiger partial charge on any atom is 0.00317 e. The first-order valence-corrected chi connectivity index (χ1v) is 4.80. The molecular weight excluding hydrogens is 178 g/mol. The molecular formula is C7H16BrN. The van der Waals surface area contributed by atoms with Crippen LogP contribution in [0, 0.1) is 0 Å². The fraction of sp³-hybridized carbons (Fsp3) is 1.00. The predicted octanol–water partition coefficient (Wildman–Crippen LogP) is 2.16. The lowest BCUT2D eigenvalue weighted by molar-refractivity contribution is 0.636. The van der Waals surface area contributed by atoms with Crippen LogP contribution in [0.3, 0.4) is 0 Å². The van der Waals surface area contributed by atoms with Gasteiger partial charge in [0.15, 0.2) is 0 Å². The van der Waals surface area contributed by atoms with Crippen LogP contribution in [0.5, 0.6) is 0 Å². The topological polar surface area (TPSA) is 12.0 Å². The molecule has 0 aromatic carbocycles. The molecule has 0 aromatic heterocycles.